The van der Waals surface area contributed by atoms with Gasteiger partial charge in [0.2, 0.25) is 0 Å². The molecule has 0 bridgehead atoms. The van der Waals surface area contributed by atoms with Crippen molar-refractivity contribution in [3.63, 3.8) is 0 Å². The minimum Gasteiger partial charge on any atom is -0.497 e. The molecule has 3 aromatic rings. The van der Waals surface area contributed by atoms with Gasteiger partial charge in [0.25, 0.3) is 5.91 Å². The largest absolute Gasteiger partial charge is 0.497 e. The van der Waals surface area contributed by atoms with Gasteiger partial charge in [-0.3, -0.25) is 9.59 Å². The highest BCUT2D eigenvalue weighted by atomic mass is 35.5. The number of amides is 1. The highest BCUT2D eigenvalue weighted by molar-refractivity contribution is 6.30. The van der Waals surface area contributed by atoms with Crippen LogP contribution in [0.25, 0.3) is 10.9 Å². The Kier molecular flexibility index (Phi) is 6.34. The number of esters is 1. The van der Waals surface area contributed by atoms with Crippen LogP contribution in [0.4, 0.5) is 0 Å². The van der Waals surface area contributed by atoms with Crippen molar-refractivity contribution >= 4 is 34.4 Å². The third-order valence-corrected chi connectivity index (χ3v) is 4.93. The van der Waals surface area contributed by atoms with Gasteiger partial charge in [-0.05, 0) is 55.3 Å². The standard InChI is InChI=1S/C22H21ClN2O4/c1-13-4-5-16(8-14(13)2)22(27)24-11-20(26)29-12-17-9-15-6-7-18(28-3)10-19(15)25-21(17)23/h4-10H,11-12H2,1-3H3,(H,24,27). The molecule has 0 aliphatic carbocycles. The first-order chi connectivity index (χ1) is 13.9. The molecular formula is C22H21ClN2O4. The van der Waals surface area contributed by atoms with Gasteiger partial charge in [0.1, 0.15) is 24.1 Å². The summed E-state index contributed by atoms with van der Waals surface area (Å²) >= 11 is 6.20. The number of fused-ring (bicyclic) bond motifs is 1. The van der Waals surface area contributed by atoms with Gasteiger partial charge in [0.05, 0.1) is 12.6 Å². The third-order valence-electron chi connectivity index (χ3n) is 4.60. The Hall–Kier alpha value is -3.12. The maximum Gasteiger partial charge on any atom is 0.325 e. The number of rotatable bonds is 6. The third kappa shape index (κ3) is 5.03. The monoisotopic (exact) mass is 412 g/mol. The van der Waals surface area contributed by atoms with Gasteiger partial charge in [-0.25, -0.2) is 4.98 Å². The number of aryl methyl sites for hydroxylation is 2. The number of ether oxygens (including phenoxy) is 2. The zero-order valence-corrected chi connectivity index (χ0v) is 17.2. The van der Waals surface area contributed by atoms with Crippen molar-refractivity contribution < 1.29 is 19.1 Å². The second kappa shape index (κ2) is 8.92. The number of nitrogens with one attached hydrogen (secondary N) is 1. The van der Waals surface area contributed by atoms with Crippen LogP contribution in [-0.4, -0.2) is 30.5 Å². The first-order valence-corrected chi connectivity index (χ1v) is 9.39. The van der Waals surface area contributed by atoms with E-state index in [9.17, 15) is 9.59 Å². The van der Waals surface area contributed by atoms with Gasteiger partial charge in [-0.1, -0.05) is 17.7 Å². The number of hydrogen-bond donors (Lipinski definition) is 1. The van der Waals surface area contributed by atoms with Crippen molar-refractivity contribution in [3.05, 3.63) is 69.9 Å². The van der Waals surface area contributed by atoms with E-state index in [2.05, 4.69) is 10.3 Å². The predicted octanol–water partition coefficient (Wildman–Crippen LogP) is 3.99. The van der Waals surface area contributed by atoms with E-state index < -0.39 is 5.97 Å². The van der Waals surface area contributed by atoms with E-state index in [1.54, 1.807) is 25.3 Å². The Morgan fingerprint density at radius 2 is 1.86 bits per heavy atom. The maximum atomic E-state index is 12.2. The second-order valence-electron chi connectivity index (χ2n) is 6.64. The number of pyridine rings is 1. The summed E-state index contributed by atoms with van der Waals surface area (Å²) < 4.78 is 10.4. The molecule has 7 heteroatoms. The molecule has 1 amide bonds. The van der Waals surface area contributed by atoms with E-state index in [4.69, 9.17) is 21.1 Å². The van der Waals surface area contributed by atoms with Crippen molar-refractivity contribution in [1.29, 1.82) is 0 Å². The molecule has 3 rings (SSSR count). The van der Waals surface area contributed by atoms with Gasteiger partial charge in [0.15, 0.2) is 0 Å². The van der Waals surface area contributed by atoms with Crippen molar-refractivity contribution in [1.82, 2.24) is 10.3 Å². The molecule has 6 nitrogen and oxygen atoms in total. The van der Waals surface area contributed by atoms with Crippen LogP contribution in [0.5, 0.6) is 5.75 Å². The fourth-order valence-electron chi connectivity index (χ4n) is 2.74. The number of carbonyl (C=O) groups is 2. The van der Waals surface area contributed by atoms with Crippen LogP contribution in [0.2, 0.25) is 5.15 Å². The van der Waals surface area contributed by atoms with E-state index in [0.717, 1.165) is 16.5 Å². The van der Waals surface area contributed by atoms with Crippen molar-refractivity contribution in [2.45, 2.75) is 20.5 Å². The summed E-state index contributed by atoms with van der Waals surface area (Å²) in [5, 5.41) is 3.66. The Labute approximate surface area is 173 Å². The topological polar surface area (TPSA) is 77.5 Å². The lowest BCUT2D eigenvalue weighted by molar-refractivity contribution is -0.143. The summed E-state index contributed by atoms with van der Waals surface area (Å²) in [4.78, 5) is 28.5. The average Bonchev–Trinajstić information content (AvgIpc) is 2.71. The first-order valence-electron chi connectivity index (χ1n) is 9.01. The SMILES string of the molecule is COc1ccc2cc(COC(=O)CNC(=O)c3ccc(C)c(C)c3)c(Cl)nc2c1. The lowest BCUT2D eigenvalue weighted by atomic mass is 10.1. The van der Waals surface area contributed by atoms with Crippen LogP contribution >= 0.6 is 11.6 Å². The minimum atomic E-state index is -0.562. The Bertz CT molecular complexity index is 1080. The lowest BCUT2D eigenvalue weighted by Crippen LogP contribution is -2.30. The van der Waals surface area contributed by atoms with Gasteiger partial charge in [-0.15, -0.1) is 0 Å². The number of hydrogen-bond acceptors (Lipinski definition) is 5. The zero-order chi connectivity index (χ0) is 21.0. The number of halogens is 1. The molecule has 0 saturated heterocycles. The summed E-state index contributed by atoms with van der Waals surface area (Å²) in [6, 6.07) is 12.6. The molecule has 0 unspecified atom stereocenters. The molecule has 0 aliphatic rings. The predicted molar refractivity (Wildman–Crippen MR) is 111 cm³/mol. The Morgan fingerprint density at radius 1 is 1.07 bits per heavy atom. The van der Waals surface area contributed by atoms with Crippen LogP contribution in [0.3, 0.4) is 0 Å². The molecule has 0 radical (unpaired) electrons. The minimum absolute atomic E-state index is 0.0356. The van der Waals surface area contributed by atoms with Gasteiger partial charge < -0.3 is 14.8 Å². The van der Waals surface area contributed by atoms with E-state index in [1.165, 1.54) is 0 Å². The van der Waals surface area contributed by atoms with Crippen LogP contribution in [0.15, 0.2) is 42.5 Å². The maximum absolute atomic E-state index is 12.2. The van der Waals surface area contributed by atoms with Crippen molar-refractivity contribution in [2.24, 2.45) is 0 Å². The van der Waals surface area contributed by atoms with Gasteiger partial charge in [0, 0.05) is 22.6 Å². The van der Waals surface area contributed by atoms with Gasteiger partial charge >= 0.3 is 5.97 Å². The van der Waals surface area contributed by atoms with E-state index in [1.807, 2.05) is 38.1 Å². The van der Waals surface area contributed by atoms with Gasteiger partial charge in [-0.2, -0.15) is 0 Å². The molecule has 29 heavy (non-hydrogen) atoms. The molecular weight excluding hydrogens is 392 g/mol. The summed E-state index contributed by atoms with van der Waals surface area (Å²) in [7, 11) is 1.58. The molecule has 2 aromatic carbocycles. The van der Waals surface area contributed by atoms with Crippen LogP contribution in [0, 0.1) is 13.8 Å². The molecule has 1 heterocycles. The summed E-state index contributed by atoms with van der Waals surface area (Å²) in [5.41, 5.74) is 3.87. The molecule has 0 spiro atoms. The van der Waals surface area contributed by atoms with E-state index >= 15 is 0 Å². The zero-order valence-electron chi connectivity index (χ0n) is 16.4. The van der Waals surface area contributed by atoms with Crippen LogP contribution < -0.4 is 10.1 Å². The molecule has 0 aliphatic heterocycles. The van der Waals surface area contributed by atoms with Crippen molar-refractivity contribution in [2.75, 3.05) is 13.7 Å². The fraction of sp³-hybridized carbons (Fsp3) is 0.227. The van der Waals surface area contributed by atoms with Crippen LogP contribution in [-0.2, 0) is 16.1 Å². The quantitative estimate of drug-likeness (QED) is 0.489. The number of methoxy groups -OCH3 is 1. The van der Waals surface area contributed by atoms with Crippen molar-refractivity contribution in [3.8, 4) is 5.75 Å². The number of carbonyl (C=O) groups excluding carboxylic acids is 2. The summed E-state index contributed by atoms with van der Waals surface area (Å²) in [6.45, 7) is 3.63. The molecule has 150 valence electrons. The number of aromatic nitrogens is 1. The first kappa shape index (κ1) is 20.6. The normalized spacial score (nSPS) is 10.6. The summed E-state index contributed by atoms with van der Waals surface area (Å²) in [6.07, 6.45) is 0. The molecule has 0 saturated carbocycles. The number of nitrogens with zero attached hydrogens (tertiary/aromatic N) is 1. The molecule has 1 aromatic heterocycles. The van der Waals surface area contributed by atoms with E-state index in [0.29, 0.717) is 22.4 Å². The summed E-state index contributed by atoms with van der Waals surface area (Å²) in [5.74, 6) is -0.211. The Balaban J connectivity index is 1.58. The average molecular weight is 413 g/mol. The fourth-order valence-corrected chi connectivity index (χ4v) is 2.94. The smallest absolute Gasteiger partial charge is 0.325 e. The second-order valence-corrected chi connectivity index (χ2v) is 7.00. The van der Waals surface area contributed by atoms with Crippen LogP contribution in [0.1, 0.15) is 27.0 Å². The van der Waals surface area contributed by atoms with E-state index in [-0.39, 0.29) is 24.2 Å². The Morgan fingerprint density at radius 3 is 2.59 bits per heavy atom. The highest BCUT2D eigenvalue weighted by Crippen LogP contribution is 2.24. The molecule has 0 fully saturated rings. The molecule has 1 N–H and O–H groups in total. The highest BCUT2D eigenvalue weighted by Gasteiger charge is 2.12. The number of benzene rings is 2. The molecule has 0 atom stereocenters. The lowest BCUT2D eigenvalue weighted by Gasteiger charge is -2.10.